The van der Waals surface area contributed by atoms with Crippen molar-refractivity contribution in [3.8, 4) is 11.1 Å². The van der Waals surface area contributed by atoms with Gasteiger partial charge in [-0.2, -0.15) is 0 Å². The van der Waals surface area contributed by atoms with Crippen LogP contribution in [0, 0.1) is 23.7 Å². The maximum Gasteiger partial charge on any atom is 0.159 e. The maximum atomic E-state index is 6.87. The van der Waals surface area contributed by atoms with Crippen molar-refractivity contribution in [2.75, 3.05) is 4.90 Å². The predicted octanol–water partition coefficient (Wildman–Crippen LogP) is 13.1. The number of furan rings is 1. The fraction of sp³-hybridized carbons (Fsp3) is 0.375. The SMILES string of the molecule is CC1(C)CCC(C)(C)c2cc(N(c3cccc4c3C3(c5ccccc5-4)C4CC5CC(C4)CC3C5)c3cccc4c3oc3ccccc34)ccc21. The summed E-state index contributed by atoms with van der Waals surface area (Å²) in [7, 11) is 0. The van der Waals surface area contributed by atoms with Crippen molar-refractivity contribution >= 4 is 39.0 Å². The molecule has 0 atom stereocenters. The largest absolute Gasteiger partial charge is 0.454 e. The number of anilines is 3. The first-order valence-electron chi connectivity index (χ1n) is 19.3. The van der Waals surface area contributed by atoms with Crippen LogP contribution in [0.15, 0.2) is 108 Å². The summed E-state index contributed by atoms with van der Waals surface area (Å²) in [4.78, 5) is 2.63. The quantitative estimate of drug-likeness (QED) is 0.189. The first-order valence-corrected chi connectivity index (χ1v) is 19.3. The van der Waals surface area contributed by atoms with E-state index in [1.165, 1.54) is 89.3 Å². The molecule has 2 nitrogen and oxygen atoms in total. The number of nitrogens with zero attached hydrogens (tertiary/aromatic N) is 1. The Morgan fingerprint density at radius 1 is 0.560 bits per heavy atom. The number of fused-ring (bicyclic) bond motifs is 7. The van der Waals surface area contributed by atoms with E-state index in [1.807, 2.05) is 0 Å². The highest BCUT2D eigenvalue weighted by atomic mass is 16.3. The standard InChI is InChI=1S/C48H47NO/c1-46(2)21-22-47(3,4)40-28-33(19-20-39(40)46)49(42-17-10-14-37-35-12-6-8-18-43(35)50-45(37)42)41-16-9-13-36-34-11-5-7-15-38(34)48(44(36)41)31-24-29-23-30(26-31)27-32(48)25-29/h5-20,28-32H,21-27H2,1-4H3. The lowest BCUT2D eigenvalue weighted by Crippen LogP contribution is -2.55. The molecule has 4 bridgehead atoms. The number of hydrogen-bond acceptors (Lipinski definition) is 2. The summed E-state index contributed by atoms with van der Waals surface area (Å²) in [5.74, 6) is 3.18. The highest BCUT2D eigenvalue weighted by Gasteiger charge is 2.62. The minimum atomic E-state index is 0.0471. The van der Waals surface area contributed by atoms with Gasteiger partial charge in [-0.3, -0.25) is 0 Å². The van der Waals surface area contributed by atoms with E-state index in [1.54, 1.807) is 11.1 Å². The molecule has 250 valence electrons. The van der Waals surface area contributed by atoms with Gasteiger partial charge < -0.3 is 9.32 Å². The highest BCUT2D eigenvalue weighted by Crippen LogP contribution is 2.71. The molecular weight excluding hydrogens is 607 g/mol. The molecule has 0 radical (unpaired) electrons. The maximum absolute atomic E-state index is 6.87. The molecule has 0 saturated heterocycles. The third-order valence-electron chi connectivity index (χ3n) is 14.5. The van der Waals surface area contributed by atoms with E-state index in [0.29, 0.717) is 11.8 Å². The van der Waals surface area contributed by atoms with Gasteiger partial charge in [0.1, 0.15) is 5.58 Å². The number of para-hydroxylation sites is 2. The van der Waals surface area contributed by atoms with E-state index in [0.717, 1.165) is 28.7 Å². The summed E-state index contributed by atoms with van der Waals surface area (Å²) in [5, 5.41) is 2.36. The van der Waals surface area contributed by atoms with Gasteiger partial charge in [0.05, 0.1) is 11.4 Å². The van der Waals surface area contributed by atoms with Crippen LogP contribution in [-0.4, -0.2) is 0 Å². The molecule has 0 amide bonds. The van der Waals surface area contributed by atoms with Gasteiger partial charge in [-0.25, -0.2) is 0 Å². The zero-order chi connectivity index (χ0) is 33.6. The van der Waals surface area contributed by atoms with Crippen molar-refractivity contribution in [1.82, 2.24) is 0 Å². The Hall–Kier alpha value is -4.30. The second-order valence-electron chi connectivity index (χ2n) is 18.0. The summed E-state index contributed by atoms with van der Waals surface area (Å²) >= 11 is 0. The van der Waals surface area contributed by atoms with Gasteiger partial charge in [0.2, 0.25) is 0 Å². The van der Waals surface area contributed by atoms with Crippen molar-refractivity contribution in [2.24, 2.45) is 23.7 Å². The van der Waals surface area contributed by atoms with E-state index >= 15 is 0 Å². The molecular formula is C48H47NO. The average molecular weight is 654 g/mol. The zero-order valence-corrected chi connectivity index (χ0v) is 29.9. The lowest BCUT2D eigenvalue weighted by Gasteiger charge is -2.61. The topological polar surface area (TPSA) is 16.4 Å². The van der Waals surface area contributed by atoms with Crippen LogP contribution in [-0.2, 0) is 16.2 Å². The summed E-state index contributed by atoms with van der Waals surface area (Å²) < 4.78 is 6.87. The van der Waals surface area contributed by atoms with E-state index in [-0.39, 0.29) is 16.2 Å². The van der Waals surface area contributed by atoms with Gasteiger partial charge >= 0.3 is 0 Å². The number of hydrogen-bond donors (Lipinski definition) is 0. The molecule has 5 aromatic carbocycles. The van der Waals surface area contributed by atoms with E-state index < -0.39 is 0 Å². The van der Waals surface area contributed by atoms with Crippen molar-refractivity contribution in [2.45, 2.75) is 88.9 Å². The van der Waals surface area contributed by atoms with Crippen LogP contribution < -0.4 is 4.90 Å². The number of benzene rings is 5. The van der Waals surface area contributed by atoms with Crippen molar-refractivity contribution in [3.63, 3.8) is 0 Å². The molecule has 50 heavy (non-hydrogen) atoms. The van der Waals surface area contributed by atoms with Gasteiger partial charge in [-0.05, 0) is 143 Å². The minimum Gasteiger partial charge on any atom is -0.454 e. The lowest BCUT2D eigenvalue weighted by atomic mass is 9.43. The molecule has 6 aliphatic carbocycles. The van der Waals surface area contributed by atoms with E-state index in [9.17, 15) is 0 Å². The molecule has 0 N–H and O–H groups in total. The van der Waals surface area contributed by atoms with Crippen molar-refractivity contribution in [3.05, 3.63) is 125 Å². The molecule has 1 heterocycles. The summed E-state index contributed by atoms with van der Waals surface area (Å²) in [5.41, 5.74) is 15.0. The summed E-state index contributed by atoms with van der Waals surface area (Å²) in [6, 6.07) is 39.5. The molecule has 4 fully saturated rings. The summed E-state index contributed by atoms with van der Waals surface area (Å²) in [6.07, 6.45) is 9.35. The Morgan fingerprint density at radius 3 is 2.00 bits per heavy atom. The number of rotatable bonds is 3. The molecule has 6 aromatic rings. The Balaban J connectivity index is 1.23. The first kappa shape index (κ1) is 29.4. The van der Waals surface area contributed by atoms with E-state index in [4.69, 9.17) is 4.42 Å². The average Bonchev–Trinajstić information content (AvgIpc) is 3.64. The Morgan fingerprint density at radius 2 is 1.20 bits per heavy atom. The van der Waals surface area contributed by atoms with Crippen LogP contribution in [0.5, 0.6) is 0 Å². The fourth-order valence-corrected chi connectivity index (χ4v) is 12.4. The molecule has 6 aliphatic rings. The van der Waals surface area contributed by atoms with Gasteiger partial charge in [-0.15, -0.1) is 0 Å². The van der Waals surface area contributed by atoms with Crippen LogP contribution in [0.1, 0.15) is 94.9 Å². The zero-order valence-electron chi connectivity index (χ0n) is 29.9. The molecule has 0 unspecified atom stereocenters. The van der Waals surface area contributed by atoms with Gasteiger partial charge in [0.25, 0.3) is 0 Å². The summed E-state index contributed by atoms with van der Waals surface area (Å²) in [6.45, 7) is 9.78. The monoisotopic (exact) mass is 653 g/mol. The molecule has 4 saturated carbocycles. The van der Waals surface area contributed by atoms with Crippen LogP contribution in [0.25, 0.3) is 33.1 Å². The third kappa shape index (κ3) is 3.75. The van der Waals surface area contributed by atoms with Crippen LogP contribution in [0.2, 0.25) is 0 Å². The van der Waals surface area contributed by atoms with Crippen molar-refractivity contribution in [1.29, 1.82) is 0 Å². The molecule has 0 aliphatic heterocycles. The Bertz CT molecular complexity index is 2340. The van der Waals surface area contributed by atoms with Gasteiger partial charge in [0.15, 0.2) is 5.58 Å². The Kier molecular flexibility index (Phi) is 5.85. The second-order valence-corrected chi connectivity index (χ2v) is 18.0. The highest BCUT2D eigenvalue weighted by molar-refractivity contribution is 6.10. The molecule has 2 heteroatoms. The predicted molar refractivity (Wildman–Crippen MR) is 207 cm³/mol. The third-order valence-corrected chi connectivity index (χ3v) is 14.5. The smallest absolute Gasteiger partial charge is 0.159 e. The molecule has 1 spiro atoms. The molecule has 12 rings (SSSR count). The lowest BCUT2D eigenvalue weighted by molar-refractivity contribution is -0.0397. The van der Waals surface area contributed by atoms with Crippen LogP contribution in [0.3, 0.4) is 0 Å². The minimum absolute atomic E-state index is 0.0471. The Labute approximate surface area is 296 Å². The fourth-order valence-electron chi connectivity index (χ4n) is 12.4. The van der Waals surface area contributed by atoms with E-state index in [2.05, 4.69) is 136 Å². The van der Waals surface area contributed by atoms with Crippen LogP contribution >= 0.6 is 0 Å². The van der Waals surface area contributed by atoms with Gasteiger partial charge in [0, 0.05) is 21.9 Å². The second kappa shape index (κ2) is 9.93. The van der Waals surface area contributed by atoms with Crippen LogP contribution in [0.4, 0.5) is 17.1 Å². The van der Waals surface area contributed by atoms with Gasteiger partial charge in [-0.1, -0.05) is 100 Å². The normalized spacial score (nSPS) is 27.8. The van der Waals surface area contributed by atoms with Crippen molar-refractivity contribution < 1.29 is 4.42 Å². The molecule has 1 aromatic heterocycles. The first-order chi connectivity index (χ1) is 24.2.